The van der Waals surface area contributed by atoms with E-state index in [2.05, 4.69) is 246 Å². The maximum Gasteiger partial charge on any atom is 0.0547 e. The summed E-state index contributed by atoms with van der Waals surface area (Å²) in [6, 6.07) is 90.1. The molecule has 0 fully saturated rings. The number of para-hydroxylation sites is 1. The van der Waals surface area contributed by atoms with E-state index in [1.54, 1.807) is 0 Å². The number of hydrogen-bond donors (Lipinski definition) is 0. The van der Waals surface area contributed by atoms with E-state index >= 15 is 0 Å². The summed E-state index contributed by atoms with van der Waals surface area (Å²) in [5, 5.41) is 9.43. The van der Waals surface area contributed by atoms with Gasteiger partial charge in [0.05, 0.1) is 16.7 Å². The molecule has 1 aromatic heterocycles. The van der Waals surface area contributed by atoms with Crippen LogP contribution in [0.4, 0.5) is 17.1 Å². The highest BCUT2D eigenvalue weighted by molar-refractivity contribution is 6.19. The van der Waals surface area contributed by atoms with Gasteiger partial charge in [-0.25, -0.2) is 0 Å². The normalized spacial score (nSPS) is 11.4. The first kappa shape index (κ1) is 35.6. The highest BCUT2D eigenvalue weighted by atomic mass is 15.1. The molecule has 0 spiro atoms. The minimum absolute atomic E-state index is 1.07. The summed E-state index contributed by atoms with van der Waals surface area (Å²) in [4.78, 5) is 2.43. The Balaban J connectivity index is 1.08. The molecule has 0 N–H and O–H groups in total. The third-order valence-corrected chi connectivity index (χ3v) is 12.4. The van der Waals surface area contributed by atoms with Gasteiger partial charge in [-0.05, 0) is 122 Å². The number of nitrogens with zero attached hydrogens (tertiary/aromatic N) is 2. The first-order valence-corrected chi connectivity index (χ1v) is 21.2. The molecular formula is C60H38N2. The molecule has 288 valence electrons. The molecule has 12 rings (SSSR count). The summed E-state index contributed by atoms with van der Waals surface area (Å²) in [5.74, 6) is 0. The van der Waals surface area contributed by atoms with Crippen molar-refractivity contribution in [3.63, 3.8) is 0 Å². The Bertz CT molecular complexity index is 3620. The third kappa shape index (κ3) is 5.91. The number of benzene rings is 10. The van der Waals surface area contributed by atoms with Crippen LogP contribution in [-0.2, 0) is 0 Å². The van der Waals surface area contributed by atoms with Crippen molar-refractivity contribution in [1.29, 1.82) is 0 Å². The molecule has 0 aliphatic heterocycles. The van der Waals surface area contributed by atoms with Gasteiger partial charge in [-0.15, -0.1) is 0 Å². The molecule has 0 atom stereocenters. The highest BCUT2D eigenvalue weighted by Crippen LogP contribution is 2.45. The zero-order chi connectivity index (χ0) is 41.0. The smallest absolute Gasteiger partial charge is 0.0547 e. The maximum atomic E-state index is 3.43. The number of aromatic nitrogens is 1. The van der Waals surface area contributed by atoms with Crippen LogP contribution < -0.4 is 4.90 Å². The van der Waals surface area contributed by atoms with Gasteiger partial charge in [0.15, 0.2) is 0 Å². The number of anilines is 3. The van der Waals surface area contributed by atoms with E-state index in [1.165, 1.54) is 60.4 Å². The minimum Gasteiger partial charge on any atom is -0.310 e. The molecule has 2 heteroatoms. The SMILES string of the molecule is c1ccc2cc(N(c3ccc(-c4ccccc4-c4ccccc4)cc3)c3cccc(-c4cccc5c4c4cc6ccccc6cc4n5-c4ccccc4)c3)c3ccccc3c2c#1. The quantitative estimate of drug-likeness (QED) is 0.156. The highest BCUT2D eigenvalue weighted by Gasteiger charge is 2.21. The molecule has 0 bridgehead atoms. The van der Waals surface area contributed by atoms with Crippen LogP contribution in [0.1, 0.15) is 0 Å². The van der Waals surface area contributed by atoms with Crippen LogP contribution in [0.2, 0.25) is 0 Å². The van der Waals surface area contributed by atoms with Gasteiger partial charge in [-0.3, -0.25) is 0 Å². The molecule has 62 heavy (non-hydrogen) atoms. The predicted octanol–water partition coefficient (Wildman–Crippen LogP) is 16.3. The molecular weight excluding hydrogens is 749 g/mol. The lowest BCUT2D eigenvalue weighted by molar-refractivity contribution is 1.18. The Morgan fingerprint density at radius 2 is 1.00 bits per heavy atom. The van der Waals surface area contributed by atoms with Gasteiger partial charge < -0.3 is 9.47 Å². The molecule has 0 saturated carbocycles. The zero-order valence-electron chi connectivity index (χ0n) is 33.8. The van der Waals surface area contributed by atoms with Gasteiger partial charge in [-0.1, -0.05) is 170 Å². The Labute approximate surface area is 360 Å². The van der Waals surface area contributed by atoms with E-state index in [1.807, 2.05) is 6.07 Å². The van der Waals surface area contributed by atoms with Crippen molar-refractivity contribution in [2.24, 2.45) is 0 Å². The van der Waals surface area contributed by atoms with Gasteiger partial charge in [0.1, 0.15) is 0 Å². The lowest BCUT2D eigenvalue weighted by Crippen LogP contribution is -2.11. The van der Waals surface area contributed by atoms with Crippen molar-refractivity contribution < 1.29 is 0 Å². The summed E-state index contributed by atoms with van der Waals surface area (Å²) < 4.78 is 2.42. The first-order chi connectivity index (χ1) is 30.8. The second-order valence-electron chi connectivity index (χ2n) is 15.9. The van der Waals surface area contributed by atoms with E-state index in [0.29, 0.717) is 0 Å². The Hall–Kier alpha value is -8.38. The van der Waals surface area contributed by atoms with Crippen LogP contribution in [0, 0.1) is 12.1 Å². The van der Waals surface area contributed by atoms with Gasteiger partial charge in [-0.2, -0.15) is 0 Å². The molecule has 0 aliphatic rings. The fourth-order valence-corrected chi connectivity index (χ4v) is 9.56. The minimum atomic E-state index is 1.07. The average Bonchev–Trinajstić information content (AvgIpc) is 3.67. The van der Waals surface area contributed by atoms with Crippen LogP contribution in [0.15, 0.2) is 231 Å². The average molecular weight is 787 g/mol. The summed E-state index contributed by atoms with van der Waals surface area (Å²) in [6.07, 6.45) is 0. The standard InChI is InChI=1S/C60H38N2/c1-3-17-41(18-4-1)50-26-11-12-27-51(50)42-33-35-48(36-34-42)61(58-40-46-21-9-10-28-52(46)54-29-13-14-30-55(54)58)49-25-15-22-45(37-49)53-31-16-32-57-60(53)56-38-43-19-7-8-20-44(43)39-59(56)62(57)47-23-5-2-6-24-47/h1-9,11-27,29-40H. The predicted molar refractivity (Wildman–Crippen MR) is 262 cm³/mol. The first-order valence-electron chi connectivity index (χ1n) is 21.2. The monoisotopic (exact) mass is 786 g/mol. The maximum absolute atomic E-state index is 3.43. The largest absolute Gasteiger partial charge is 0.310 e. The Morgan fingerprint density at radius 3 is 1.79 bits per heavy atom. The summed E-state index contributed by atoms with van der Waals surface area (Å²) >= 11 is 0. The topological polar surface area (TPSA) is 8.17 Å². The van der Waals surface area contributed by atoms with E-state index in [9.17, 15) is 0 Å². The molecule has 0 saturated heterocycles. The summed E-state index contributed by atoms with van der Waals surface area (Å²) in [7, 11) is 0. The molecule has 2 nitrogen and oxygen atoms in total. The van der Waals surface area contributed by atoms with Crippen LogP contribution in [-0.4, -0.2) is 4.57 Å². The second kappa shape index (κ2) is 14.7. The van der Waals surface area contributed by atoms with Gasteiger partial charge in [0, 0.05) is 44.0 Å². The van der Waals surface area contributed by atoms with Crippen molar-refractivity contribution >= 4 is 71.2 Å². The van der Waals surface area contributed by atoms with Crippen LogP contribution in [0.3, 0.4) is 0 Å². The van der Waals surface area contributed by atoms with Crippen molar-refractivity contribution in [3.05, 3.63) is 243 Å². The second-order valence-corrected chi connectivity index (χ2v) is 15.9. The van der Waals surface area contributed by atoms with Crippen molar-refractivity contribution in [1.82, 2.24) is 4.57 Å². The Kier molecular flexibility index (Phi) is 8.44. The molecule has 0 aliphatic carbocycles. The van der Waals surface area contributed by atoms with Crippen molar-refractivity contribution in [2.75, 3.05) is 4.90 Å². The van der Waals surface area contributed by atoms with Crippen LogP contribution in [0.5, 0.6) is 0 Å². The van der Waals surface area contributed by atoms with Gasteiger partial charge in [0.25, 0.3) is 0 Å². The van der Waals surface area contributed by atoms with Crippen LogP contribution in [0.25, 0.3) is 93.2 Å². The van der Waals surface area contributed by atoms with E-state index in [4.69, 9.17) is 0 Å². The molecule has 11 aromatic carbocycles. The fraction of sp³-hybridized carbons (Fsp3) is 0. The molecule has 0 amide bonds. The lowest BCUT2D eigenvalue weighted by Gasteiger charge is -2.28. The summed E-state index contributed by atoms with van der Waals surface area (Å²) in [6.45, 7) is 0. The van der Waals surface area contributed by atoms with Gasteiger partial charge in [0.2, 0.25) is 0 Å². The van der Waals surface area contributed by atoms with Crippen molar-refractivity contribution in [3.8, 4) is 39.1 Å². The fourth-order valence-electron chi connectivity index (χ4n) is 9.56. The molecule has 1 heterocycles. The summed E-state index contributed by atoms with van der Waals surface area (Å²) in [5.41, 5.74) is 13.9. The zero-order valence-corrected chi connectivity index (χ0v) is 33.8. The number of rotatable bonds is 7. The Morgan fingerprint density at radius 1 is 0.371 bits per heavy atom. The number of hydrogen-bond acceptors (Lipinski definition) is 1. The molecule has 0 unspecified atom stereocenters. The van der Waals surface area contributed by atoms with E-state index in [0.717, 1.165) is 49.9 Å². The molecule has 0 radical (unpaired) electrons. The van der Waals surface area contributed by atoms with Crippen molar-refractivity contribution in [2.45, 2.75) is 0 Å². The molecule has 12 aromatic rings. The van der Waals surface area contributed by atoms with E-state index in [-0.39, 0.29) is 0 Å². The lowest BCUT2D eigenvalue weighted by atomic mass is 9.94. The van der Waals surface area contributed by atoms with Crippen LogP contribution >= 0.6 is 0 Å². The third-order valence-electron chi connectivity index (χ3n) is 12.4. The van der Waals surface area contributed by atoms with Gasteiger partial charge >= 0.3 is 0 Å². The number of fused-ring (bicyclic) bond motifs is 7. The van der Waals surface area contributed by atoms with E-state index < -0.39 is 0 Å².